The molecule has 2 aromatic rings. The molecule has 0 saturated heterocycles. The average molecular weight is 380 g/mol. The maximum absolute atomic E-state index is 12.9. The van der Waals surface area contributed by atoms with E-state index in [2.05, 4.69) is 19.2 Å². The molecule has 28 heavy (non-hydrogen) atoms. The molecule has 1 N–H and O–H groups in total. The molecule has 1 heterocycles. The molecule has 0 radical (unpaired) electrons. The van der Waals surface area contributed by atoms with Crippen molar-refractivity contribution >= 4 is 17.2 Å². The highest BCUT2D eigenvalue weighted by atomic mass is 16.6. The number of non-ortho nitro benzene ring substituents is 1. The zero-order chi connectivity index (χ0) is 20.3. The molecule has 0 atom stereocenters. The topological polar surface area (TPSA) is 81.5 Å². The number of nitro groups is 1. The molecule has 0 aliphatic carbocycles. The summed E-state index contributed by atoms with van der Waals surface area (Å²) in [5, 5.41) is 14.6. The van der Waals surface area contributed by atoms with E-state index in [0.717, 1.165) is 41.8 Å². The van der Waals surface area contributed by atoms with E-state index in [1.54, 1.807) is 13.2 Å². The lowest BCUT2D eigenvalue weighted by atomic mass is 9.79. The van der Waals surface area contributed by atoms with Crippen LogP contribution in [0.3, 0.4) is 0 Å². The van der Waals surface area contributed by atoms with Crippen molar-refractivity contribution in [3.8, 4) is 5.75 Å². The van der Waals surface area contributed by atoms with Crippen molar-refractivity contribution < 1.29 is 14.5 Å². The van der Waals surface area contributed by atoms with Gasteiger partial charge in [0.2, 0.25) is 0 Å². The van der Waals surface area contributed by atoms with Crippen molar-refractivity contribution in [1.29, 1.82) is 0 Å². The van der Waals surface area contributed by atoms with E-state index in [-0.39, 0.29) is 22.6 Å². The fourth-order valence-electron chi connectivity index (χ4n) is 3.63. The normalized spacial score (nSPS) is 16.2. The molecule has 0 unspecified atom stereocenters. The van der Waals surface area contributed by atoms with Crippen LogP contribution in [0.25, 0.3) is 5.70 Å². The first-order chi connectivity index (χ1) is 13.4. The monoisotopic (exact) mass is 380 g/mol. The van der Waals surface area contributed by atoms with Crippen molar-refractivity contribution in [2.75, 3.05) is 7.11 Å². The molecule has 0 amide bonds. The highest BCUT2D eigenvalue weighted by Gasteiger charge is 2.33. The van der Waals surface area contributed by atoms with Gasteiger partial charge in [0.15, 0.2) is 5.78 Å². The fraction of sp³-hybridized carbons (Fsp3) is 0.318. The third kappa shape index (κ3) is 3.76. The standard InChI is InChI=1S/C22H24N2O4/c1-4-22(5-2)14-16-9-10-18(28-3)12-19(16)20(23-22)13-21(25)15-7-6-8-17(11-15)24(26)27/h6-13,23H,4-5,14H2,1-3H3. The van der Waals surface area contributed by atoms with Crippen LogP contribution >= 0.6 is 0 Å². The van der Waals surface area contributed by atoms with Gasteiger partial charge in [-0.3, -0.25) is 14.9 Å². The van der Waals surface area contributed by atoms with E-state index in [1.165, 1.54) is 24.3 Å². The molecule has 3 rings (SSSR count). The van der Waals surface area contributed by atoms with E-state index in [0.29, 0.717) is 0 Å². The summed E-state index contributed by atoms with van der Waals surface area (Å²) < 4.78 is 5.35. The van der Waals surface area contributed by atoms with Crippen molar-refractivity contribution in [2.45, 2.75) is 38.6 Å². The van der Waals surface area contributed by atoms with Crippen molar-refractivity contribution in [3.05, 3.63) is 75.3 Å². The number of hydrogen-bond donors (Lipinski definition) is 1. The van der Waals surface area contributed by atoms with Gasteiger partial charge in [-0.2, -0.15) is 0 Å². The Balaban J connectivity index is 2.06. The molecule has 0 fully saturated rings. The molecule has 0 aromatic heterocycles. The van der Waals surface area contributed by atoms with Gasteiger partial charge < -0.3 is 10.1 Å². The predicted octanol–water partition coefficient (Wildman–Crippen LogP) is 4.53. The number of benzene rings is 2. The van der Waals surface area contributed by atoms with Gasteiger partial charge in [-0.05, 0) is 37.0 Å². The molecule has 1 aliphatic heterocycles. The molecule has 146 valence electrons. The van der Waals surface area contributed by atoms with Gasteiger partial charge in [-0.15, -0.1) is 0 Å². The summed E-state index contributed by atoms with van der Waals surface area (Å²) in [4.78, 5) is 23.4. The van der Waals surface area contributed by atoms with Crippen molar-refractivity contribution in [1.82, 2.24) is 5.32 Å². The quantitative estimate of drug-likeness (QED) is 0.345. The van der Waals surface area contributed by atoms with Gasteiger partial charge in [0, 0.05) is 40.6 Å². The Labute approximate surface area is 164 Å². The predicted molar refractivity (Wildman–Crippen MR) is 109 cm³/mol. The Bertz CT molecular complexity index is 945. The highest BCUT2D eigenvalue weighted by molar-refractivity contribution is 6.09. The van der Waals surface area contributed by atoms with Gasteiger partial charge in [-0.25, -0.2) is 0 Å². The molecule has 0 bridgehead atoms. The van der Waals surface area contributed by atoms with E-state index in [1.807, 2.05) is 18.2 Å². The lowest BCUT2D eigenvalue weighted by Gasteiger charge is -2.40. The van der Waals surface area contributed by atoms with Crippen molar-refractivity contribution in [3.63, 3.8) is 0 Å². The molecule has 0 spiro atoms. The number of ketones is 1. The third-order valence-electron chi connectivity index (χ3n) is 5.51. The number of hydrogen-bond acceptors (Lipinski definition) is 5. The summed E-state index contributed by atoms with van der Waals surface area (Å²) in [5.74, 6) is 0.442. The highest BCUT2D eigenvalue weighted by Crippen LogP contribution is 2.35. The van der Waals surface area contributed by atoms with Crippen LogP contribution in [-0.4, -0.2) is 23.4 Å². The third-order valence-corrected chi connectivity index (χ3v) is 5.51. The lowest BCUT2D eigenvalue weighted by molar-refractivity contribution is -0.384. The molecule has 6 nitrogen and oxygen atoms in total. The van der Waals surface area contributed by atoms with Crippen LogP contribution in [0.4, 0.5) is 5.69 Å². The van der Waals surface area contributed by atoms with Crippen molar-refractivity contribution in [2.24, 2.45) is 0 Å². The smallest absolute Gasteiger partial charge is 0.270 e. The second-order valence-corrected chi connectivity index (χ2v) is 7.04. The van der Waals surface area contributed by atoms with Gasteiger partial charge in [0.1, 0.15) is 5.75 Å². The minimum absolute atomic E-state index is 0.0978. The zero-order valence-corrected chi connectivity index (χ0v) is 16.3. The number of carbonyl (C=O) groups excluding carboxylic acids is 1. The SMILES string of the molecule is CCC1(CC)Cc2ccc(OC)cc2C(=CC(=O)c2cccc([N+](=O)[O-])c2)N1. The van der Waals surface area contributed by atoms with Gasteiger partial charge >= 0.3 is 0 Å². The molecule has 6 heteroatoms. The molecule has 2 aromatic carbocycles. The first-order valence-electron chi connectivity index (χ1n) is 9.37. The zero-order valence-electron chi connectivity index (χ0n) is 16.3. The molecule has 0 saturated carbocycles. The van der Waals surface area contributed by atoms with Gasteiger partial charge in [0.05, 0.1) is 12.0 Å². The molecular formula is C22H24N2O4. The minimum atomic E-state index is -0.498. The Morgan fingerprint density at radius 3 is 2.64 bits per heavy atom. The largest absolute Gasteiger partial charge is 0.497 e. The fourth-order valence-corrected chi connectivity index (χ4v) is 3.63. The Morgan fingerprint density at radius 1 is 1.25 bits per heavy atom. The number of rotatable bonds is 6. The van der Waals surface area contributed by atoms with Gasteiger partial charge in [0.25, 0.3) is 5.69 Å². The summed E-state index contributed by atoms with van der Waals surface area (Å²) >= 11 is 0. The number of nitrogens with zero attached hydrogens (tertiary/aromatic N) is 1. The Morgan fingerprint density at radius 2 is 2.00 bits per heavy atom. The second-order valence-electron chi connectivity index (χ2n) is 7.04. The van der Waals surface area contributed by atoms with Gasteiger partial charge in [-0.1, -0.05) is 32.0 Å². The molecular weight excluding hydrogens is 356 g/mol. The van der Waals surface area contributed by atoms with Crippen LogP contribution in [0.2, 0.25) is 0 Å². The number of ether oxygens (including phenoxy) is 1. The van der Waals surface area contributed by atoms with Crippen LogP contribution in [0, 0.1) is 10.1 Å². The van der Waals surface area contributed by atoms with E-state index < -0.39 is 4.92 Å². The summed E-state index contributed by atoms with van der Waals surface area (Å²) in [6, 6.07) is 11.7. The van der Waals surface area contributed by atoms with Crippen LogP contribution < -0.4 is 10.1 Å². The first-order valence-corrected chi connectivity index (χ1v) is 9.37. The maximum atomic E-state index is 12.9. The number of nitrogens with one attached hydrogen (secondary N) is 1. The van der Waals surface area contributed by atoms with E-state index in [4.69, 9.17) is 4.74 Å². The maximum Gasteiger partial charge on any atom is 0.270 e. The number of methoxy groups -OCH3 is 1. The average Bonchev–Trinajstić information content (AvgIpc) is 2.73. The molecule has 1 aliphatic rings. The summed E-state index contributed by atoms with van der Waals surface area (Å²) in [6.45, 7) is 4.26. The summed E-state index contributed by atoms with van der Waals surface area (Å²) in [5.41, 5.74) is 2.87. The number of nitro benzene ring substituents is 1. The summed E-state index contributed by atoms with van der Waals surface area (Å²) in [6.07, 6.45) is 4.23. The number of allylic oxidation sites excluding steroid dienone is 1. The number of fused-ring (bicyclic) bond motifs is 1. The second kappa shape index (κ2) is 7.84. The first kappa shape index (κ1) is 19.6. The van der Waals surface area contributed by atoms with E-state index >= 15 is 0 Å². The van der Waals surface area contributed by atoms with Crippen LogP contribution in [0.5, 0.6) is 5.75 Å². The lowest BCUT2D eigenvalue weighted by Crippen LogP contribution is -2.48. The van der Waals surface area contributed by atoms with Crippen LogP contribution in [-0.2, 0) is 6.42 Å². The van der Waals surface area contributed by atoms with Crippen LogP contribution in [0.1, 0.15) is 48.2 Å². The number of carbonyl (C=O) groups is 1. The van der Waals surface area contributed by atoms with Crippen LogP contribution in [0.15, 0.2) is 48.5 Å². The van der Waals surface area contributed by atoms with E-state index in [9.17, 15) is 14.9 Å². The Kier molecular flexibility index (Phi) is 5.49. The minimum Gasteiger partial charge on any atom is -0.497 e. The summed E-state index contributed by atoms with van der Waals surface area (Å²) in [7, 11) is 1.61. The Hall–Kier alpha value is -3.15.